The molecule has 2 N–H and O–H groups in total. The summed E-state index contributed by atoms with van der Waals surface area (Å²) in [6, 6.07) is 46.2. The lowest BCUT2D eigenvalue weighted by Crippen LogP contribution is -2.32. The third kappa shape index (κ3) is 5.15. The second kappa shape index (κ2) is 10.9. The highest BCUT2D eigenvalue weighted by atomic mass is 16.4. The van der Waals surface area contributed by atoms with Gasteiger partial charge in [0.05, 0.1) is 0 Å². The summed E-state index contributed by atoms with van der Waals surface area (Å²) in [6.45, 7) is 0. The molecule has 36 heavy (non-hydrogen) atoms. The van der Waals surface area contributed by atoms with Crippen LogP contribution in [0, 0.1) is 0 Å². The van der Waals surface area contributed by atoms with E-state index in [0.717, 1.165) is 39.3 Å². The van der Waals surface area contributed by atoms with E-state index in [4.69, 9.17) is 0 Å². The summed E-state index contributed by atoms with van der Waals surface area (Å²) in [4.78, 5) is 2.11. The Morgan fingerprint density at radius 1 is 0.528 bits per heavy atom. The van der Waals surface area contributed by atoms with Crippen LogP contribution in [0.2, 0.25) is 0 Å². The van der Waals surface area contributed by atoms with Crippen molar-refractivity contribution in [2.45, 2.75) is 0 Å². The molecule has 5 aromatic rings. The lowest BCUT2D eigenvalue weighted by Gasteiger charge is -2.26. The van der Waals surface area contributed by atoms with Crippen molar-refractivity contribution in [3.63, 3.8) is 0 Å². The highest BCUT2D eigenvalue weighted by Gasteiger charge is 2.20. The van der Waals surface area contributed by atoms with Crippen LogP contribution in [0.25, 0.3) is 11.6 Å². The Balaban J connectivity index is 1.66. The Kier molecular flexibility index (Phi) is 7.09. The topological polar surface area (TPSA) is 43.7 Å². The zero-order valence-electron chi connectivity index (χ0n) is 19.8. The van der Waals surface area contributed by atoms with E-state index >= 15 is 0 Å². The smallest absolute Gasteiger partial charge is 0.423 e. The third-order valence-corrected chi connectivity index (χ3v) is 6.10. The molecule has 0 unspecified atom stereocenters. The van der Waals surface area contributed by atoms with Crippen molar-refractivity contribution in [1.29, 1.82) is 0 Å². The van der Waals surface area contributed by atoms with Crippen LogP contribution in [0.1, 0.15) is 16.7 Å². The van der Waals surface area contributed by atoms with Gasteiger partial charge in [-0.1, -0.05) is 103 Å². The maximum atomic E-state index is 10.4. The fraction of sp³-hybridized carbons (Fsp3) is 0. The lowest BCUT2D eigenvalue weighted by atomic mass is 9.76. The average Bonchev–Trinajstić information content (AvgIpc) is 2.94. The van der Waals surface area contributed by atoms with Gasteiger partial charge in [-0.3, -0.25) is 0 Å². The van der Waals surface area contributed by atoms with E-state index in [1.54, 1.807) is 0 Å². The predicted octanol–water partition coefficient (Wildman–Crippen LogP) is 6.43. The molecule has 0 saturated carbocycles. The maximum absolute atomic E-state index is 10.4. The summed E-state index contributed by atoms with van der Waals surface area (Å²) in [5, 5.41) is 20.8. The quantitative estimate of drug-likeness (QED) is 0.214. The summed E-state index contributed by atoms with van der Waals surface area (Å²) in [7, 11) is -1.63. The van der Waals surface area contributed by atoms with Gasteiger partial charge in [-0.15, -0.1) is 0 Å². The second-order valence-electron chi connectivity index (χ2n) is 8.48. The molecule has 0 spiro atoms. The van der Waals surface area contributed by atoms with E-state index in [1.165, 1.54) is 0 Å². The van der Waals surface area contributed by atoms with Gasteiger partial charge in [0.15, 0.2) is 0 Å². The van der Waals surface area contributed by atoms with Crippen molar-refractivity contribution in [1.82, 2.24) is 0 Å². The van der Waals surface area contributed by atoms with E-state index < -0.39 is 7.12 Å². The van der Waals surface area contributed by atoms with Crippen LogP contribution in [0.5, 0.6) is 0 Å². The van der Waals surface area contributed by atoms with Crippen molar-refractivity contribution in [3.05, 3.63) is 156 Å². The summed E-state index contributed by atoms with van der Waals surface area (Å²) in [5.41, 5.74) is 7.12. The molecule has 0 fully saturated rings. The number of rotatable bonds is 7. The predicted molar refractivity (Wildman–Crippen MR) is 151 cm³/mol. The Morgan fingerprint density at radius 2 is 0.972 bits per heavy atom. The molecule has 4 heteroatoms. The summed E-state index contributed by atoms with van der Waals surface area (Å²) < 4.78 is 0. The third-order valence-electron chi connectivity index (χ3n) is 6.10. The molecule has 0 aliphatic heterocycles. The summed E-state index contributed by atoms with van der Waals surface area (Å²) >= 11 is 0. The zero-order chi connectivity index (χ0) is 24.7. The molecule has 0 radical (unpaired) electrons. The van der Waals surface area contributed by atoms with Crippen LogP contribution < -0.4 is 10.4 Å². The molecule has 0 aliphatic carbocycles. The minimum Gasteiger partial charge on any atom is -0.423 e. The average molecular weight is 467 g/mol. The van der Waals surface area contributed by atoms with Crippen molar-refractivity contribution in [2.24, 2.45) is 0 Å². The lowest BCUT2D eigenvalue weighted by molar-refractivity contribution is 0.425. The van der Waals surface area contributed by atoms with Crippen molar-refractivity contribution in [3.8, 4) is 0 Å². The number of nitrogens with zero attached hydrogens (tertiary/aromatic N) is 1. The number of para-hydroxylation sites is 2. The summed E-state index contributed by atoms with van der Waals surface area (Å²) in [6.07, 6.45) is 2.03. The molecule has 0 aromatic heterocycles. The van der Waals surface area contributed by atoms with Crippen LogP contribution in [0.4, 0.5) is 17.1 Å². The highest BCUT2D eigenvalue weighted by molar-refractivity contribution is 6.59. The van der Waals surface area contributed by atoms with Crippen LogP contribution >= 0.6 is 0 Å². The Morgan fingerprint density at radius 3 is 1.42 bits per heavy atom. The molecule has 3 nitrogen and oxygen atoms in total. The Bertz CT molecular complexity index is 1360. The first-order valence-electron chi connectivity index (χ1n) is 11.9. The minimum atomic E-state index is -1.63. The van der Waals surface area contributed by atoms with Crippen molar-refractivity contribution in [2.75, 3.05) is 4.90 Å². The summed E-state index contributed by atoms with van der Waals surface area (Å²) in [5.74, 6) is 0. The molecular formula is C32H26BNO2. The Hall–Kier alpha value is -4.38. The van der Waals surface area contributed by atoms with E-state index in [1.807, 2.05) is 121 Å². The number of hydrogen-bond donors (Lipinski definition) is 2. The largest absolute Gasteiger partial charge is 0.489 e. The first kappa shape index (κ1) is 23.4. The normalized spacial score (nSPS) is 10.5. The first-order valence-corrected chi connectivity index (χ1v) is 11.9. The fourth-order valence-electron chi connectivity index (χ4n) is 4.38. The molecule has 5 rings (SSSR count). The number of hydrogen-bond acceptors (Lipinski definition) is 3. The monoisotopic (exact) mass is 467 g/mol. The van der Waals surface area contributed by atoms with Gasteiger partial charge in [0.1, 0.15) is 0 Å². The van der Waals surface area contributed by atoms with Gasteiger partial charge in [-0.25, -0.2) is 0 Å². The standard InChI is InChI=1S/C32H26BNO2/c35-33(36)32-24-30(34(28-17-9-3-10-18-28)29-19-11-4-12-20-29)22-21-27(32)23-31(25-13-5-1-6-14-25)26-15-7-2-8-16-26/h1-24,35-36H. The van der Waals surface area contributed by atoms with Gasteiger partial charge in [0.2, 0.25) is 0 Å². The molecule has 0 bridgehead atoms. The second-order valence-corrected chi connectivity index (χ2v) is 8.48. The Labute approximate surface area is 212 Å². The van der Waals surface area contributed by atoms with E-state index in [9.17, 15) is 10.0 Å². The van der Waals surface area contributed by atoms with Crippen molar-refractivity contribution >= 4 is 41.3 Å². The number of anilines is 3. The molecule has 0 aliphatic rings. The van der Waals surface area contributed by atoms with Gasteiger partial charge in [-0.2, -0.15) is 0 Å². The van der Waals surface area contributed by atoms with Crippen LogP contribution in [-0.4, -0.2) is 17.2 Å². The fourth-order valence-corrected chi connectivity index (χ4v) is 4.38. The van der Waals surface area contributed by atoms with Gasteiger partial charge < -0.3 is 14.9 Å². The molecule has 5 aromatic carbocycles. The van der Waals surface area contributed by atoms with Gasteiger partial charge in [0.25, 0.3) is 0 Å². The molecular weight excluding hydrogens is 441 g/mol. The molecule has 0 amide bonds. The number of benzene rings is 5. The highest BCUT2D eigenvalue weighted by Crippen LogP contribution is 2.34. The van der Waals surface area contributed by atoms with Gasteiger partial charge in [0, 0.05) is 17.1 Å². The first-order chi connectivity index (χ1) is 17.7. The van der Waals surface area contributed by atoms with Crippen molar-refractivity contribution < 1.29 is 10.0 Å². The van der Waals surface area contributed by atoms with E-state index in [0.29, 0.717) is 5.46 Å². The SMILES string of the molecule is OB(O)c1cc(N(c2ccccc2)c2ccccc2)ccc1C=C(c1ccccc1)c1ccccc1. The molecule has 174 valence electrons. The van der Waals surface area contributed by atoms with Crippen LogP contribution in [-0.2, 0) is 0 Å². The molecule has 0 heterocycles. The van der Waals surface area contributed by atoms with Crippen LogP contribution in [0.15, 0.2) is 140 Å². The van der Waals surface area contributed by atoms with Crippen LogP contribution in [0.3, 0.4) is 0 Å². The van der Waals surface area contributed by atoms with E-state index in [2.05, 4.69) is 29.2 Å². The molecule has 0 atom stereocenters. The van der Waals surface area contributed by atoms with Gasteiger partial charge in [-0.05, 0) is 70.2 Å². The minimum absolute atomic E-state index is 0.439. The van der Waals surface area contributed by atoms with E-state index in [-0.39, 0.29) is 0 Å². The molecule has 0 saturated heterocycles. The van der Waals surface area contributed by atoms with Gasteiger partial charge >= 0.3 is 7.12 Å². The zero-order valence-corrected chi connectivity index (χ0v) is 19.8. The maximum Gasteiger partial charge on any atom is 0.489 e.